The number of rotatable bonds is 6. The molecule has 1 saturated heterocycles. The van der Waals surface area contributed by atoms with Crippen LogP contribution < -0.4 is 10.2 Å². The average molecular weight is 471 g/mol. The van der Waals surface area contributed by atoms with Gasteiger partial charge in [0.05, 0.1) is 16.1 Å². The molecule has 2 aromatic carbocycles. The van der Waals surface area contributed by atoms with Crippen LogP contribution in [0.2, 0.25) is 0 Å². The van der Waals surface area contributed by atoms with Gasteiger partial charge in [-0.25, -0.2) is 9.10 Å². The number of carbonyl (C=O) groups is 2. The largest absolute Gasteiger partial charge is 0.334 e. The first-order valence-electron chi connectivity index (χ1n) is 11.5. The van der Waals surface area contributed by atoms with Gasteiger partial charge in [-0.1, -0.05) is 41.1 Å². The van der Waals surface area contributed by atoms with Crippen molar-refractivity contribution in [2.24, 2.45) is 0 Å². The molecular weight excluding hydrogens is 440 g/mol. The monoisotopic (exact) mass is 470 g/mol. The number of fused-ring (bicyclic) bond motifs is 2. The number of carbonyl (C=O) groups excluding carboxylic acids is 2. The third-order valence-corrected chi connectivity index (χ3v) is 8.76. The van der Waals surface area contributed by atoms with Crippen molar-refractivity contribution >= 4 is 28.4 Å². The maximum Gasteiger partial charge on any atom is 0.322 e. The predicted molar refractivity (Wildman–Crippen MR) is 128 cm³/mol. The Hall–Kier alpha value is -2.59. The lowest BCUT2D eigenvalue weighted by atomic mass is 10.00. The highest BCUT2D eigenvalue weighted by atomic mass is 32.3. The van der Waals surface area contributed by atoms with E-state index in [2.05, 4.69) is 16.3 Å². The first kappa shape index (κ1) is 22.2. The minimum atomic E-state index is -3.22. The van der Waals surface area contributed by atoms with E-state index in [0.29, 0.717) is 30.0 Å². The van der Waals surface area contributed by atoms with Gasteiger partial charge >= 0.3 is 6.03 Å². The molecule has 1 fully saturated rings. The van der Waals surface area contributed by atoms with Gasteiger partial charge < -0.3 is 10.2 Å². The van der Waals surface area contributed by atoms with E-state index in [4.69, 9.17) is 0 Å². The van der Waals surface area contributed by atoms with Gasteiger partial charge in [0.1, 0.15) is 0 Å². The quantitative estimate of drug-likeness (QED) is 0.552. The Kier molecular flexibility index (Phi) is 6.05. The molecule has 0 aliphatic carbocycles. The number of hydrogen-bond donors (Lipinski definition) is 3. The molecule has 8 nitrogen and oxygen atoms in total. The van der Waals surface area contributed by atoms with E-state index in [1.165, 1.54) is 4.31 Å². The van der Waals surface area contributed by atoms with Crippen LogP contribution in [-0.2, 0) is 6.54 Å². The average Bonchev–Trinajstić information content (AvgIpc) is 3.03. The van der Waals surface area contributed by atoms with Gasteiger partial charge in [0.25, 0.3) is 5.91 Å². The molecule has 3 amide bonds. The van der Waals surface area contributed by atoms with Crippen molar-refractivity contribution in [1.82, 2.24) is 14.5 Å². The van der Waals surface area contributed by atoms with Crippen LogP contribution in [-0.4, -0.2) is 62.5 Å². The predicted octanol–water partition coefficient (Wildman–Crippen LogP) is 4.14. The molecule has 176 valence electrons. The molecule has 3 aliphatic heterocycles. The lowest BCUT2D eigenvalue weighted by Gasteiger charge is -2.41. The fraction of sp³-hybridized carbons (Fsp3) is 0.417. The molecule has 0 bridgehead atoms. The zero-order chi connectivity index (χ0) is 23.0. The lowest BCUT2D eigenvalue weighted by molar-refractivity contribution is 0.0859. The Labute approximate surface area is 195 Å². The third kappa shape index (κ3) is 4.10. The van der Waals surface area contributed by atoms with Crippen molar-refractivity contribution in [3.05, 3.63) is 59.7 Å². The third-order valence-electron chi connectivity index (χ3n) is 6.85. The maximum absolute atomic E-state index is 12.6. The summed E-state index contributed by atoms with van der Waals surface area (Å²) >= 11 is 0. The van der Waals surface area contributed by atoms with Crippen LogP contribution in [0.25, 0.3) is 0 Å². The molecule has 2 aromatic rings. The molecule has 0 saturated carbocycles. The summed E-state index contributed by atoms with van der Waals surface area (Å²) < 4.78 is 22.4. The number of unbranched alkanes of at least 4 members (excludes halogenated alkanes) is 1. The van der Waals surface area contributed by atoms with Crippen molar-refractivity contribution in [1.29, 1.82) is 0 Å². The molecule has 33 heavy (non-hydrogen) atoms. The number of amides is 3. The maximum atomic E-state index is 12.6. The van der Waals surface area contributed by atoms with E-state index in [9.17, 15) is 18.7 Å². The summed E-state index contributed by atoms with van der Waals surface area (Å²) in [7, 11) is -3.22. The summed E-state index contributed by atoms with van der Waals surface area (Å²) in [5.41, 5.74) is 2.57. The Morgan fingerprint density at radius 1 is 0.939 bits per heavy atom. The molecule has 3 aliphatic rings. The van der Waals surface area contributed by atoms with Crippen molar-refractivity contribution in [3.8, 4) is 0 Å². The second-order valence-electron chi connectivity index (χ2n) is 8.86. The van der Waals surface area contributed by atoms with Gasteiger partial charge in [-0.15, -0.1) is 0 Å². The first-order valence-corrected chi connectivity index (χ1v) is 13.0. The minimum absolute atomic E-state index is 0.0117. The zero-order valence-electron chi connectivity index (χ0n) is 18.5. The standard InChI is InChI=1S/C24H30N4O4S/c29-23-20-8-2-4-10-22(20)33(31,32)27(23)14-6-5-13-26-15-11-19(12-16-26)28-21-9-3-1-7-18(21)17-25-24(28)30/h1-4,7-10,19,31-32H,5-6,11-17H2,(H,25,30). The smallest absolute Gasteiger partial charge is 0.322 e. The topological polar surface area (TPSA) is 96.4 Å². The van der Waals surface area contributed by atoms with Crippen molar-refractivity contribution in [3.63, 3.8) is 0 Å². The SMILES string of the molecule is O=C1NCc2ccccc2N1C1CCN(CCCCN2C(=O)c3ccccc3S2(O)O)CC1. The van der Waals surface area contributed by atoms with E-state index >= 15 is 0 Å². The van der Waals surface area contributed by atoms with Crippen molar-refractivity contribution in [2.75, 3.05) is 31.1 Å². The summed E-state index contributed by atoms with van der Waals surface area (Å²) in [5, 5.41) is 2.98. The summed E-state index contributed by atoms with van der Waals surface area (Å²) in [6, 6.07) is 15.0. The fourth-order valence-electron chi connectivity index (χ4n) is 5.09. The highest BCUT2D eigenvalue weighted by Crippen LogP contribution is 2.58. The number of hydrogen-bond acceptors (Lipinski definition) is 5. The van der Waals surface area contributed by atoms with E-state index in [-0.39, 0.29) is 18.0 Å². The lowest BCUT2D eigenvalue weighted by Crippen LogP contribution is -2.53. The first-order chi connectivity index (χ1) is 16.0. The molecule has 3 heterocycles. The molecule has 0 spiro atoms. The van der Waals surface area contributed by atoms with Gasteiger partial charge in [0, 0.05) is 32.2 Å². The molecular formula is C24H30N4O4S. The Morgan fingerprint density at radius 2 is 1.64 bits per heavy atom. The second-order valence-corrected chi connectivity index (χ2v) is 10.8. The van der Waals surface area contributed by atoms with E-state index < -0.39 is 10.8 Å². The van der Waals surface area contributed by atoms with Gasteiger partial charge in [0.15, 0.2) is 0 Å². The van der Waals surface area contributed by atoms with Crippen molar-refractivity contribution < 1.29 is 18.7 Å². The minimum Gasteiger partial charge on any atom is -0.334 e. The van der Waals surface area contributed by atoms with E-state index in [1.54, 1.807) is 24.3 Å². The Bertz CT molecular complexity index is 1050. The summed E-state index contributed by atoms with van der Waals surface area (Å²) in [6.45, 7) is 3.64. The van der Waals surface area contributed by atoms with Gasteiger partial charge in [0.2, 0.25) is 0 Å². The van der Waals surface area contributed by atoms with Crippen LogP contribution in [0, 0.1) is 0 Å². The highest BCUT2D eigenvalue weighted by Gasteiger charge is 2.40. The summed E-state index contributed by atoms with van der Waals surface area (Å²) in [6.07, 6.45) is 3.41. The Morgan fingerprint density at radius 3 is 2.42 bits per heavy atom. The highest BCUT2D eigenvalue weighted by molar-refractivity contribution is 8.23. The number of nitrogens with one attached hydrogen (secondary N) is 1. The van der Waals surface area contributed by atoms with E-state index in [1.807, 2.05) is 23.1 Å². The molecule has 0 unspecified atom stereocenters. The van der Waals surface area contributed by atoms with Crippen LogP contribution in [0.15, 0.2) is 53.4 Å². The number of anilines is 1. The number of likely N-dealkylation sites (tertiary alicyclic amines) is 1. The van der Waals surface area contributed by atoms with Gasteiger partial charge in [-0.3, -0.25) is 18.8 Å². The molecule has 0 aromatic heterocycles. The molecule has 5 rings (SSSR count). The number of benzene rings is 2. The van der Waals surface area contributed by atoms with Crippen LogP contribution in [0.5, 0.6) is 0 Å². The molecule has 3 N–H and O–H groups in total. The Balaban J connectivity index is 1.10. The molecule has 9 heteroatoms. The van der Waals surface area contributed by atoms with Crippen LogP contribution in [0.3, 0.4) is 0 Å². The number of piperidine rings is 1. The number of para-hydroxylation sites is 1. The van der Waals surface area contributed by atoms with Crippen LogP contribution in [0.1, 0.15) is 41.6 Å². The van der Waals surface area contributed by atoms with Crippen LogP contribution in [0.4, 0.5) is 10.5 Å². The summed E-state index contributed by atoms with van der Waals surface area (Å²) in [4.78, 5) is 29.8. The fourth-order valence-corrected chi connectivity index (χ4v) is 6.76. The number of nitrogens with zero attached hydrogens (tertiary/aromatic N) is 3. The number of urea groups is 1. The van der Waals surface area contributed by atoms with Gasteiger partial charge in [-0.05, 0) is 56.0 Å². The summed E-state index contributed by atoms with van der Waals surface area (Å²) in [5.74, 6) is -0.300. The molecule has 0 radical (unpaired) electrons. The van der Waals surface area contributed by atoms with E-state index in [0.717, 1.165) is 50.1 Å². The normalized spacial score (nSPS) is 21.5. The molecule has 0 atom stereocenters. The zero-order valence-corrected chi connectivity index (χ0v) is 19.3. The van der Waals surface area contributed by atoms with Gasteiger partial charge in [-0.2, -0.15) is 0 Å². The van der Waals surface area contributed by atoms with Crippen LogP contribution >= 0.6 is 10.8 Å². The van der Waals surface area contributed by atoms with Crippen molar-refractivity contribution in [2.45, 2.75) is 43.2 Å². The second kappa shape index (κ2) is 8.98.